The van der Waals surface area contributed by atoms with Gasteiger partial charge in [0.25, 0.3) is 0 Å². The maximum Gasteiger partial charge on any atom is 0.240 e. The lowest BCUT2D eigenvalue weighted by Crippen LogP contribution is -1.79. The van der Waals surface area contributed by atoms with Crippen molar-refractivity contribution in [1.82, 2.24) is 0 Å². The van der Waals surface area contributed by atoms with Gasteiger partial charge in [-0.25, -0.2) is 4.79 Å². The molecule has 0 saturated carbocycles. The second-order valence-corrected chi connectivity index (χ2v) is 6.13. The van der Waals surface area contributed by atoms with Crippen LogP contribution in [0.15, 0.2) is 68.2 Å². The fourth-order valence-corrected chi connectivity index (χ4v) is 3.31. The molecule has 19 heavy (non-hydrogen) atoms. The Kier molecular flexibility index (Phi) is 5.28. The molecule has 2 nitrogen and oxygen atoms in total. The van der Waals surface area contributed by atoms with E-state index in [-0.39, 0.29) is 0 Å². The zero-order valence-corrected chi connectivity index (χ0v) is 12.1. The number of benzene rings is 2. The van der Waals surface area contributed by atoms with Crippen molar-refractivity contribution in [3.8, 4) is 0 Å². The van der Waals surface area contributed by atoms with E-state index in [1.165, 1.54) is 4.90 Å². The average Bonchev–Trinajstić information content (AvgIpc) is 2.43. The van der Waals surface area contributed by atoms with Crippen molar-refractivity contribution in [2.75, 3.05) is 5.75 Å². The van der Waals surface area contributed by atoms with E-state index < -0.39 is 0 Å². The van der Waals surface area contributed by atoms with Crippen LogP contribution in [0.3, 0.4) is 0 Å². The lowest BCUT2D eigenvalue weighted by molar-refractivity contribution is 0.565. The average molecular weight is 287 g/mol. The molecular weight excluding hydrogens is 274 g/mol. The van der Waals surface area contributed by atoms with Gasteiger partial charge in [-0.3, -0.25) is 0 Å². The first-order chi connectivity index (χ1) is 9.33. The van der Waals surface area contributed by atoms with Gasteiger partial charge in [-0.2, -0.15) is 4.99 Å². The SMILES string of the molecule is CCSc1ccc(N=C=O)c(Sc2ccccc2)c1. The molecule has 4 heteroatoms. The molecule has 2 rings (SSSR count). The van der Waals surface area contributed by atoms with Gasteiger partial charge in [0.15, 0.2) is 0 Å². The Morgan fingerprint density at radius 3 is 2.58 bits per heavy atom. The molecule has 0 bridgehead atoms. The summed E-state index contributed by atoms with van der Waals surface area (Å²) in [4.78, 5) is 17.5. The molecule has 0 amide bonds. The molecule has 0 aromatic heterocycles. The van der Waals surface area contributed by atoms with Crippen LogP contribution in [0.25, 0.3) is 0 Å². The number of nitrogens with zero attached hydrogens (tertiary/aromatic N) is 1. The molecule has 0 aliphatic heterocycles. The van der Waals surface area contributed by atoms with Crippen molar-refractivity contribution in [2.45, 2.75) is 21.6 Å². The van der Waals surface area contributed by atoms with Gasteiger partial charge in [0.2, 0.25) is 6.08 Å². The van der Waals surface area contributed by atoms with Crippen LogP contribution >= 0.6 is 23.5 Å². The van der Waals surface area contributed by atoms with Gasteiger partial charge in [-0.1, -0.05) is 36.9 Å². The topological polar surface area (TPSA) is 29.4 Å². The molecular formula is C15H13NOS2. The molecule has 96 valence electrons. The van der Waals surface area contributed by atoms with Crippen molar-refractivity contribution in [3.05, 3.63) is 48.5 Å². The molecule has 0 fully saturated rings. The van der Waals surface area contributed by atoms with Crippen LogP contribution < -0.4 is 0 Å². The summed E-state index contributed by atoms with van der Waals surface area (Å²) in [6.45, 7) is 2.12. The van der Waals surface area contributed by atoms with Crippen molar-refractivity contribution in [1.29, 1.82) is 0 Å². The highest BCUT2D eigenvalue weighted by molar-refractivity contribution is 8.00. The minimum absolute atomic E-state index is 0.671. The molecule has 2 aromatic rings. The quantitative estimate of drug-likeness (QED) is 0.444. The monoisotopic (exact) mass is 287 g/mol. The number of hydrogen-bond acceptors (Lipinski definition) is 4. The van der Waals surface area contributed by atoms with Crippen LogP contribution in [0.5, 0.6) is 0 Å². The summed E-state index contributed by atoms with van der Waals surface area (Å²) < 4.78 is 0. The Labute approximate surface area is 121 Å². The fraction of sp³-hybridized carbons (Fsp3) is 0.133. The van der Waals surface area contributed by atoms with Gasteiger partial charge in [0.1, 0.15) is 0 Å². The number of carbonyl (C=O) groups excluding carboxylic acids is 1. The third-order valence-corrected chi connectivity index (χ3v) is 4.31. The van der Waals surface area contributed by atoms with E-state index in [9.17, 15) is 4.79 Å². The minimum Gasteiger partial charge on any atom is -0.211 e. The summed E-state index contributed by atoms with van der Waals surface area (Å²) >= 11 is 3.38. The zero-order chi connectivity index (χ0) is 13.5. The zero-order valence-electron chi connectivity index (χ0n) is 10.5. The summed E-state index contributed by atoms with van der Waals surface area (Å²) in [5.41, 5.74) is 0.671. The van der Waals surface area contributed by atoms with E-state index in [4.69, 9.17) is 0 Å². The van der Waals surface area contributed by atoms with Gasteiger partial charge >= 0.3 is 0 Å². The highest BCUT2D eigenvalue weighted by Gasteiger charge is 2.06. The first kappa shape index (κ1) is 13.9. The Balaban J connectivity index is 2.34. The lowest BCUT2D eigenvalue weighted by atomic mass is 10.3. The number of isocyanates is 1. The van der Waals surface area contributed by atoms with E-state index in [2.05, 4.69) is 18.0 Å². The van der Waals surface area contributed by atoms with Crippen LogP contribution in [-0.2, 0) is 4.79 Å². The maximum absolute atomic E-state index is 10.5. The molecule has 0 heterocycles. The molecule has 0 radical (unpaired) electrons. The number of hydrogen-bond donors (Lipinski definition) is 0. The molecule has 0 unspecified atom stereocenters. The highest BCUT2D eigenvalue weighted by Crippen LogP contribution is 2.37. The fourth-order valence-electron chi connectivity index (χ4n) is 1.59. The highest BCUT2D eigenvalue weighted by atomic mass is 32.2. The van der Waals surface area contributed by atoms with Crippen LogP contribution in [-0.4, -0.2) is 11.8 Å². The number of aliphatic imine (C=N–C) groups is 1. The van der Waals surface area contributed by atoms with E-state index in [0.29, 0.717) is 5.69 Å². The molecule has 0 saturated heterocycles. The Hall–Kier alpha value is -1.48. The first-order valence-corrected chi connectivity index (χ1v) is 7.71. The van der Waals surface area contributed by atoms with Gasteiger partial charge in [-0.05, 0) is 36.1 Å². The standard InChI is InChI=1S/C15H13NOS2/c1-2-18-13-8-9-14(16-11-17)15(10-13)19-12-6-4-3-5-7-12/h3-10H,2H2,1H3. The van der Waals surface area contributed by atoms with Gasteiger partial charge < -0.3 is 0 Å². The third kappa shape index (κ3) is 4.00. The van der Waals surface area contributed by atoms with E-state index in [0.717, 1.165) is 15.5 Å². The third-order valence-electron chi connectivity index (χ3n) is 2.38. The molecule has 0 aliphatic carbocycles. The second kappa shape index (κ2) is 7.19. The van der Waals surface area contributed by atoms with E-state index >= 15 is 0 Å². The molecule has 0 spiro atoms. The molecule has 0 aliphatic rings. The van der Waals surface area contributed by atoms with Crippen molar-refractivity contribution >= 4 is 35.3 Å². The molecule has 0 atom stereocenters. The van der Waals surface area contributed by atoms with E-state index in [1.54, 1.807) is 29.6 Å². The van der Waals surface area contributed by atoms with Crippen LogP contribution in [0.1, 0.15) is 6.92 Å². The summed E-state index contributed by atoms with van der Waals surface area (Å²) in [5, 5.41) is 0. The predicted octanol–water partition coefficient (Wildman–Crippen LogP) is 4.92. The Morgan fingerprint density at radius 1 is 1.11 bits per heavy atom. The van der Waals surface area contributed by atoms with Crippen molar-refractivity contribution in [3.63, 3.8) is 0 Å². The normalized spacial score (nSPS) is 9.95. The molecule has 2 aromatic carbocycles. The Morgan fingerprint density at radius 2 is 1.89 bits per heavy atom. The summed E-state index contributed by atoms with van der Waals surface area (Å²) in [6, 6.07) is 16.0. The van der Waals surface area contributed by atoms with Gasteiger partial charge in [-0.15, -0.1) is 11.8 Å². The lowest BCUT2D eigenvalue weighted by Gasteiger charge is -2.07. The van der Waals surface area contributed by atoms with Crippen molar-refractivity contribution in [2.24, 2.45) is 4.99 Å². The first-order valence-electron chi connectivity index (χ1n) is 5.91. The largest absolute Gasteiger partial charge is 0.240 e. The molecule has 0 N–H and O–H groups in total. The van der Waals surface area contributed by atoms with Crippen molar-refractivity contribution < 1.29 is 4.79 Å². The second-order valence-electron chi connectivity index (χ2n) is 3.68. The van der Waals surface area contributed by atoms with Crippen LogP contribution in [0, 0.1) is 0 Å². The predicted molar refractivity (Wildman–Crippen MR) is 81.2 cm³/mol. The maximum atomic E-state index is 10.5. The number of thioether (sulfide) groups is 1. The van der Waals surface area contributed by atoms with Crippen LogP contribution in [0.2, 0.25) is 0 Å². The van der Waals surface area contributed by atoms with Gasteiger partial charge in [0, 0.05) is 14.7 Å². The minimum atomic E-state index is 0.671. The summed E-state index contributed by atoms with van der Waals surface area (Å²) in [6.07, 6.45) is 1.62. The van der Waals surface area contributed by atoms with Crippen LogP contribution in [0.4, 0.5) is 5.69 Å². The van der Waals surface area contributed by atoms with Gasteiger partial charge in [0.05, 0.1) is 5.69 Å². The van der Waals surface area contributed by atoms with E-state index in [1.807, 2.05) is 42.5 Å². The summed E-state index contributed by atoms with van der Waals surface area (Å²) in [5.74, 6) is 1.02. The smallest absolute Gasteiger partial charge is 0.211 e. The Bertz CT molecular complexity index is 592. The summed E-state index contributed by atoms with van der Waals surface area (Å²) in [7, 11) is 0. The number of rotatable bonds is 5.